The van der Waals surface area contributed by atoms with Crippen molar-refractivity contribution in [1.82, 2.24) is 16.0 Å². The summed E-state index contributed by atoms with van der Waals surface area (Å²) in [4.78, 5) is 30.2. The minimum Gasteiger partial charge on any atom is -0.426 e. The first-order valence-corrected chi connectivity index (χ1v) is 10.1. The minimum absolute atomic E-state index is 0.0170. The molecule has 0 spiro atoms. The molecule has 0 bridgehead atoms. The molecule has 5 N–H and O–H groups in total. The van der Waals surface area contributed by atoms with Gasteiger partial charge in [0.25, 0.3) is 5.91 Å². The van der Waals surface area contributed by atoms with E-state index in [0.717, 1.165) is 5.56 Å². The van der Waals surface area contributed by atoms with Gasteiger partial charge in [-0.15, -0.1) is 0 Å². The lowest BCUT2D eigenvalue weighted by atomic mass is 9.74. The predicted molar refractivity (Wildman–Crippen MR) is 117 cm³/mol. The van der Waals surface area contributed by atoms with Crippen LogP contribution in [0.25, 0.3) is 0 Å². The molecule has 2 rings (SSSR count). The molecule has 8 nitrogen and oxygen atoms in total. The molecule has 1 heterocycles. The number of aliphatic imine (C=N–C) groups is 1. The molecule has 9 heteroatoms. The molecular formula is C21H31BN4O4. The predicted octanol–water partition coefficient (Wildman–Crippen LogP) is 0.551. The van der Waals surface area contributed by atoms with E-state index in [0.29, 0.717) is 6.42 Å². The molecule has 2 unspecified atom stereocenters. The number of carbonyl (C=O) groups is 2. The Hall–Kier alpha value is -2.65. The number of hydrogen-bond donors (Lipinski definition) is 5. The number of nitrogens with zero attached hydrogens (tertiary/aromatic N) is 1. The molecule has 3 atom stereocenters. The van der Waals surface area contributed by atoms with E-state index in [-0.39, 0.29) is 24.1 Å². The summed E-state index contributed by atoms with van der Waals surface area (Å²) >= 11 is 0. The van der Waals surface area contributed by atoms with E-state index in [4.69, 9.17) is 0 Å². The molecule has 0 fully saturated rings. The monoisotopic (exact) mass is 414 g/mol. The summed E-state index contributed by atoms with van der Waals surface area (Å²) in [5, 5.41) is 27.9. The molecule has 162 valence electrons. The van der Waals surface area contributed by atoms with Gasteiger partial charge in [0.05, 0.1) is 12.0 Å². The Kier molecular flexibility index (Phi) is 8.20. The van der Waals surface area contributed by atoms with Crippen molar-refractivity contribution in [2.75, 3.05) is 0 Å². The van der Waals surface area contributed by atoms with E-state index < -0.39 is 30.4 Å². The number of rotatable bonds is 9. The van der Waals surface area contributed by atoms with Crippen molar-refractivity contribution in [3.63, 3.8) is 0 Å². The first-order chi connectivity index (χ1) is 14.1. The van der Waals surface area contributed by atoms with Crippen LogP contribution in [0, 0.1) is 5.92 Å². The third kappa shape index (κ3) is 6.71. The van der Waals surface area contributed by atoms with Gasteiger partial charge in [0.2, 0.25) is 5.91 Å². The number of amides is 2. The van der Waals surface area contributed by atoms with E-state index in [1.54, 1.807) is 13.1 Å². The molecule has 0 saturated carbocycles. The van der Waals surface area contributed by atoms with Gasteiger partial charge >= 0.3 is 7.12 Å². The van der Waals surface area contributed by atoms with E-state index >= 15 is 0 Å². The van der Waals surface area contributed by atoms with Gasteiger partial charge in [-0.2, -0.15) is 0 Å². The van der Waals surface area contributed by atoms with Crippen molar-refractivity contribution < 1.29 is 19.6 Å². The molecule has 0 radical (unpaired) electrons. The van der Waals surface area contributed by atoms with E-state index in [9.17, 15) is 19.6 Å². The Morgan fingerprint density at radius 3 is 2.47 bits per heavy atom. The summed E-state index contributed by atoms with van der Waals surface area (Å²) < 4.78 is 0. The highest BCUT2D eigenvalue weighted by Gasteiger charge is 2.39. The highest BCUT2D eigenvalue weighted by atomic mass is 16.4. The van der Waals surface area contributed by atoms with E-state index in [2.05, 4.69) is 20.9 Å². The van der Waals surface area contributed by atoms with Gasteiger partial charge in [0, 0.05) is 18.8 Å². The van der Waals surface area contributed by atoms with Crippen LogP contribution in [0.1, 0.15) is 39.7 Å². The lowest BCUT2D eigenvalue weighted by molar-refractivity contribution is -0.132. The van der Waals surface area contributed by atoms with Gasteiger partial charge in [-0.3, -0.25) is 14.6 Å². The van der Waals surface area contributed by atoms with Crippen LogP contribution in [-0.2, 0) is 16.0 Å². The fourth-order valence-corrected chi connectivity index (χ4v) is 3.20. The van der Waals surface area contributed by atoms with Crippen LogP contribution in [0.15, 0.2) is 47.2 Å². The van der Waals surface area contributed by atoms with Crippen LogP contribution in [0.2, 0.25) is 0 Å². The molecule has 0 aromatic heterocycles. The Bertz CT molecular complexity index is 797. The molecule has 1 aliphatic heterocycles. The average Bonchev–Trinajstić information content (AvgIpc) is 2.68. The molecular weight excluding hydrogens is 383 g/mol. The third-order valence-corrected chi connectivity index (χ3v) is 4.85. The summed E-state index contributed by atoms with van der Waals surface area (Å²) in [5.41, 5.74) is -0.309. The summed E-state index contributed by atoms with van der Waals surface area (Å²) in [5.74, 6) is -1.70. The van der Waals surface area contributed by atoms with Crippen molar-refractivity contribution in [1.29, 1.82) is 0 Å². The van der Waals surface area contributed by atoms with Crippen LogP contribution < -0.4 is 16.0 Å². The van der Waals surface area contributed by atoms with E-state index in [1.807, 2.05) is 51.1 Å². The van der Waals surface area contributed by atoms with Gasteiger partial charge in [-0.05, 0) is 31.7 Å². The van der Waals surface area contributed by atoms with Crippen molar-refractivity contribution in [3.05, 3.63) is 47.8 Å². The Morgan fingerprint density at radius 1 is 1.27 bits per heavy atom. The maximum Gasteiger partial charge on any atom is 0.475 e. The molecule has 0 saturated heterocycles. The second-order valence-electron chi connectivity index (χ2n) is 8.33. The van der Waals surface area contributed by atoms with Crippen molar-refractivity contribution in [2.45, 2.75) is 58.1 Å². The zero-order chi connectivity index (χ0) is 22.3. The number of hydrogen-bond acceptors (Lipinski definition) is 6. The first-order valence-electron chi connectivity index (χ1n) is 10.1. The van der Waals surface area contributed by atoms with Crippen LogP contribution in [0.5, 0.6) is 0 Å². The standard InChI is InChI=1S/C21H31BN4O4/c1-14(2)10-18(22(29)30)25-20(28)21(4,11-16-8-6-5-7-9-16)26-19(27)17-13-23-15(3)12-24-17/h5-9,12-15,18,23,29-30H,10-11H2,1-4H3,(H,25,28)(H,26,27)/t15?,18?,21-/m1/s1. The highest BCUT2D eigenvalue weighted by Crippen LogP contribution is 2.17. The number of carbonyl (C=O) groups excluding carboxylic acids is 2. The third-order valence-electron chi connectivity index (χ3n) is 4.85. The van der Waals surface area contributed by atoms with Gasteiger partial charge in [-0.25, -0.2) is 0 Å². The summed E-state index contributed by atoms with van der Waals surface area (Å²) in [6.07, 6.45) is 3.74. The maximum absolute atomic E-state index is 13.2. The molecule has 2 amide bonds. The zero-order valence-corrected chi connectivity index (χ0v) is 17.9. The SMILES string of the molecule is CC(C)CC(NC(=O)[C@@](C)(Cc1ccccc1)NC(=O)C1=CNC(C)C=N1)B(O)O. The van der Waals surface area contributed by atoms with Crippen molar-refractivity contribution in [2.24, 2.45) is 10.9 Å². The van der Waals surface area contributed by atoms with Gasteiger partial charge < -0.3 is 26.0 Å². The zero-order valence-electron chi connectivity index (χ0n) is 17.9. The van der Waals surface area contributed by atoms with Crippen LogP contribution in [-0.4, -0.2) is 52.7 Å². The topological polar surface area (TPSA) is 123 Å². The smallest absolute Gasteiger partial charge is 0.426 e. The fourth-order valence-electron chi connectivity index (χ4n) is 3.20. The normalized spacial score (nSPS) is 18.6. The maximum atomic E-state index is 13.2. The number of benzene rings is 1. The van der Waals surface area contributed by atoms with E-state index in [1.165, 1.54) is 6.20 Å². The lowest BCUT2D eigenvalue weighted by Gasteiger charge is -2.32. The summed E-state index contributed by atoms with van der Waals surface area (Å²) in [7, 11) is -1.70. The second-order valence-corrected chi connectivity index (χ2v) is 8.33. The minimum atomic E-state index is -1.70. The van der Waals surface area contributed by atoms with Crippen LogP contribution in [0.3, 0.4) is 0 Å². The quantitative estimate of drug-likeness (QED) is 0.378. The second kappa shape index (κ2) is 10.4. The molecule has 1 aromatic rings. The van der Waals surface area contributed by atoms with Crippen molar-refractivity contribution >= 4 is 25.1 Å². The molecule has 0 aliphatic carbocycles. The fraction of sp³-hybridized carbons (Fsp3) is 0.476. The molecule has 30 heavy (non-hydrogen) atoms. The Morgan fingerprint density at radius 2 is 1.93 bits per heavy atom. The first kappa shape index (κ1) is 23.6. The summed E-state index contributed by atoms with van der Waals surface area (Å²) in [6, 6.07) is 9.33. The summed E-state index contributed by atoms with van der Waals surface area (Å²) in [6.45, 7) is 7.37. The van der Waals surface area contributed by atoms with Crippen LogP contribution in [0.4, 0.5) is 0 Å². The van der Waals surface area contributed by atoms with Crippen molar-refractivity contribution in [3.8, 4) is 0 Å². The lowest BCUT2D eigenvalue weighted by Crippen LogP contribution is -2.62. The highest BCUT2D eigenvalue weighted by molar-refractivity contribution is 6.43. The Labute approximate surface area is 178 Å². The largest absolute Gasteiger partial charge is 0.475 e. The van der Waals surface area contributed by atoms with Gasteiger partial charge in [0.1, 0.15) is 11.2 Å². The number of nitrogens with one attached hydrogen (secondary N) is 3. The molecule has 1 aliphatic rings. The average molecular weight is 414 g/mol. The van der Waals surface area contributed by atoms with Crippen LogP contribution >= 0.6 is 0 Å². The Balaban J connectivity index is 2.25. The molecule has 1 aromatic carbocycles. The van der Waals surface area contributed by atoms with Gasteiger partial charge in [-0.1, -0.05) is 44.2 Å². The van der Waals surface area contributed by atoms with Gasteiger partial charge in [0.15, 0.2) is 0 Å².